The largest absolute Gasteiger partial charge is 0.378 e. The summed E-state index contributed by atoms with van der Waals surface area (Å²) in [7, 11) is 1.57. The van der Waals surface area contributed by atoms with Crippen molar-refractivity contribution < 1.29 is 8.78 Å². The molecule has 1 N–H and O–H groups in total. The molecule has 5 nitrogen and oxygen atoms in total. The van der Waals surface area contributed by atoms with E-state index in [0.717, 1.165) is 11.4 Å². The summed E-state index contributed by atoms with van der Waals surface area (Å²) in [6.45, 7) is 3.71. The van der Waals surface area contributed by atoms with Gasteiger partial charge in [-0.2, -0.15) is 14.6 Å². The molecule has 2 aromatic heterocycles. The molecule has 104 valence electrons. The highest BCUT2D eigenvalue weighted by molar-refractivity contribution is 5.46. The van der Waals surface area contributed by atoms with Gasteiger partial charge in [-0.1, -0.05) is 0 Å². The maximum absolute atomic E-state index is 13.7. The van der Waals surface area contributed by atoms with Gasteiger partial charge in [-0.05, 0) is 13.8 Å². The Kier molecular flexibility index (Phi) is 3.82. The maximum atomic E-state index is 13.7. The fourth-order valence-electron chi connectivity index (χ4n) is 1.98. The van der Waals surface area contributed by atoms with Crippen LogP contribution in [0.3, 0.4) is 0 Å². The van der Waals surface area contributed by atoms with Gasteiger partial charge >= 0.3 is 0 Å². The van der Waals surface area contributed by atoms with Crippen molar-refractivity contribution in [1.29, 1.82) is 0 Å². The second-order valence-electron chi connectivity index (χ2n) is 4.39. The van der Waals surface area contributed by atoms with Gasteiger partial charge in [0.1, 0.15) is 6.67 Å². The second-order valence-corrected chi connectivity index (χ2v) is 4.39. The molecule has 0 fully saturated rings. The number of aryl methyl sites for hydroxylation is 3. The van der Waals surface area contributed by atoms with Crippen molar-refractivity contribution in [3.8, 4) is 0 Å². The predicted molar refractivity (Wildman–Crippen MR) is 68.2 cm³/mol. The van der Waals surface area contributed by atoms with E-state index in [0.29, 0.717) is 17.8 Å². The lowest BCUT2D eigenvalue weighted by Crippen LogP contribution is -2.06. The van der Waals surface area contributed by atoms with E-state index >= 15 is 0 Å². The van der Waals surface area contributed by atoms with Crippen LogP contribution in [0.15, 0.2) is 6.20 Å². The van der Waals surface area contributed by atoms with Crippen molar-refractivity contribution in [2.45, 2.75) is 26.9 Å². The molecule has 0 aliphatic heterocycles. The highest BCUT2D eigenvalue weighted by Crippen LogP contribution is 2.17. The summed E-state index contributed by atoms with van der Waals surface area (Å²) in [5, 5.41) is 11.2. The van der Waals surface area contributed by atoms with Crippen LogP contribution >= 0.6 is 0 Å². The van der Waals surface area contributed by atoms with Crippen LogP contribution in [0, 0.1) is 19.8 Å². The molecule has 0 aliphatic rings. The minimum absolute atomic E-state index is 0.230. The molecule has 0 radical (unpaired) electrons. The van der Waals surface area contributed by atoms with E-state index in [1.54, 1.807) is 24.9 Å². The lowest BCUT2D eigenvalue weighted by Gasteiger charge is -2.06. The Labute approximate surface area is 110 Å². The Morgan fingerprint density at radius 2 is 2.11 bits per heavy atom. The van der Waals surface area contributed by atoms with Gasteiger partial charge in [0.25, 0.3) is 0 Å². The van der Waals surface area contributed by atoms with Crippen LogP contribution < -0.4 is 5.32 Å². The van der Waals surface area contributed by atoms with Crippen LogP contribution in [0.25, 0.3) is 0 Å². The summed E-state index contributed by atoms with van der Waals surface area (Å²) in [6.07, 6.45) is 1.62. The third-order valence-electron chi connectivity index (χ3n) is 3.12. The van der Waals surface area contributed by atoms with E-state index in [9.17, 15) is 8.78 Å². The number of rotatable bonds is 5. The minimum Gasteiger partial charge on any atom is -0.378 e. The van der Waals surface area contributed by atoms with Crippen molar-refractivity contribution in [3.63, 3.8) is 0 Å². The molecular weight excluding hydrogens is 252 g/mol. The van der Waals surface area contributed by atoms with E-state index in [-0.39, 0.29) is 12.5 Å². The number of hydrogen-bond acceptors (Lipinski definition) is 3. The van der Waals surface area contributed by atoms with E-state index in [4.69, 9.17) is 0 Å². The Bertz CT molecular complexity index is 573. The molecule has 0 saturated carbocycles. The van der Waals surface area contributed by atoms with Gasteiger partial charge in [0, 0.05) is 19.2 Å². The second kappa shape index (κ2) is 5.38. The third kappa shape index (κ3) is 2.59. The molecule has 0 unspecified atom stereocenters. The lowest BCUT2D eigenvalue weighted by atomic mass is 10.2. The van der Waals surface area contributed by atoms with Gasteiger partial charge in [-0.25, -0.2) is 9.07 Å². The third-order valence-corrected chi connectivity index (χ3v) is 3.12. The lowest BCUT2D eigenvalue weighted by molar-refractivity contribution is 0.423. The number of halogens is 2. The van der Waals surface area contributed by atoms with E-state index < -0.39 is 6.67 Å². The summed E-state index contributed by atoms with van der Waals surface area (Å²) in [4.78, 5) is 0. The SMILES string of the molecule is Cc1nn(C)c(F)c1CNc1cnn(CCF)c1C. The molecule has 19 heavy (non-hydrogen) atoms. The summed E-state index contributed by atoms with van der Waals surface area (Å²) in [6, 6.07) is 0. The molecule has 0 bridgehead atoms. The zero-order valence-electron chi connectivity index (χ0n) is 11.2. The van der Waals surface area contributed by atoms with Gasteiger partial charge in [-0.15, -0.1) is 0 Å². The molecule has 0 spiro atoms. The first-order chi connectivity index (χ1) is 9.04. The van der Waals surface area contributed by atoms with Crippen molar-refractivity contribution in [2.75, 3.05) is 12.0 Å². The maximum Gasteiger partial charge on any atom is 0.216 e. The number of nitrogens with zero attached hydrogens (tertiary/aromatic N) is 4. The van der Waals surface area contributed by atoms with Crippen LogP contribution in [0.1, 0.15) is 17.0 Å². The number of hydrogen-bond donors (Lipinski definition) is 1. The topological polar surface area (TPSA) is 47.7 Å². The van der Waals surface area contributed by atoms with Crippen LogP contribution in [-0.4, -0.2) is 26.2 Å². The summed E-state index contributed by atoms with van der Waals surface area (Å²) in [5.41, 5.74) is 2.79. The number of alkyl halides is 1. The zero-order chi connectivity index (χ0) is 14.0. The van der Waals surface area contributed by atoms with Crippen LogP contribution in [-0.2, 0) is 20.1 Å². The standard InChI is InChI=1S/C12H17F2N5/c1-8-10(12(14)18(3)17-8)6-15-11-7-16-19(5-4-13)9(11)2/h7,15H,4-6H2,1-3H3. The van der Waals surface area contributed by atoms with Crippen LogP contribution in [0.4, 0.5) is 14.5 Å². The van der Waals surface area contributed by atoms with Gasteiger partial charge in [0.15, 0.2) is 0 Å². The van der Waals surface area contributed by atoms with Crippen LogP contribution in [0.2, 0.25) is 0 Å². The van der Waals surface area contributed by atoms with Crippen molar-refractivity contribution in [2.24, 2.45) is 7.05 Å². The Hall–Kier alpha value is -1.92. The molecule has 0 aromatic carbocycles. The quantitative estimate of drug-likeness (QED) is 0.902. The van der Waals surface area contributed by atoms with Crippen molar-refractivity contribution >= 4 is 5.69 Å². The summed E-state index contributed by atoms with van der Waals surface area (Å²) >= 11 is 0. The predicted octanol–water partition coefficient (Wildman–Crippen LogP) is 1.95. The summed E-state index contributed by atoms with van der Waals surface area (Å²) in [5.74, 6) is -0.348. The fourth-order valence-corrected chi connectivity index (χ4v) is 1.98. The van der Waals surface area contributed by atoms with Crippen LogP contribution in [0.5, 0.6) is 0 Å². The number of nitrogens with one attached hydrogen (secondary N) is 1. The molecule has 7 heteroatoms. The first-order valence-electron chi connectivity index (χ1n) is 6.04. The van der Waals surface area contributed by atoms with E-state index in [1.165, 1.54) is 4.68 Å². The first-order valence-corrected chi connectivity index (χ1v) is 6.04. The smallest absolute Gasteiger partial charge is 0.216 e. The molecule has 2 aromatic rings. The molecular formula is C12H17F2N5. The Balaban J connectivity index is 2.10. The minimum atomic E-state index is -0.460. The first kappa shape index (κ1) is 13.5. The number of anilines is 1. The highest BCUT2D eigenvalue weighted by atomic mass is 19.1. The van der Waals surface area contributed by atoms with E-state index in [1.807, 2.05) is 6.92 Å². The zero-order valence-corrected chi connectivity index (χ0v) is 11.2. The molecule has 0 atom stereocenters. The van der Waals surface area contributed by atoms with Gasteiger partial charge in [0.05, 0.1) is 29.8 Å². The van der Waals surface area contributed by atoms with E-state index in [2.05, 4.69) is 15.5 Å². The monoisotopic (exact) mass is 269 g/mol. The van der Waals surface area contributed by atoms with Gasteiger partial charge in [-0.3, -0.25) is 4.68 Å². The average Bonchev–Trinajstić information content (AvgIpc) is 2.82. The van der Waals surface area contributed by atoms with Gasteiger partial charge in [0.2, 0.25) is 5.95 Å². The molecule has 0 saturated heterocycles. The normalized spacial score (nSPS) is 11.0. The highest BCUT2D eigenvalue weighted by Gasteiger charge is 2.13. The van der Waals surface area contributed by atoms with Crippen molar-refractivity contribution in [3.05, 3.63) is 29.1 Å². The Morgan fingerprint density at radius 3 is 2.68 bits per heavy atom. The Morgan fingerprint density at radius 1 is 1.37 bits per heavy atom. The molecule has 2 rings (SSSR count). The average molecular weight is 269 g/mol. The molecule has 0 aliphatic carbocycles. The van der Waals surface area contributed by atoms with Crippen molar-refractivity contribution in [1.82, 2.24) is 19.6 Å². The molecule has 2 heterocycles. The van der Waals surface area contributed by atoms with Gasteiger partial charge < -0.3 is 5.32 Å². The molecule has 0 amide bonds. The summed E-state index contributed by atoms with van der Waals surface area (Å²) < 4.78 is 28.8. The number of aromatic nitrogens is 4. The fraction of sp³-hybridized carbons (Fsp3) is 0.500.